The number of hydrogen-bond donors (Lipinski definition) is 0. The smallest absolute Gasteiger partial charge is 0.300 e. The summed E-state index contributed by atoms with van der Waals surface area (Å²) in [5.74, 6) is 0. The first-order chi connectivity index (χ1) is 13.4. The van der Waals surface area contributed by atoms with Crippen LogP contribution in [0, 0.1) is 20.2 Å². The van der Waals surface area contributed by atoms with Crippen LogP contribution in [0.2, 0.25) is 8.67 Å². The van der Waals surface area contributed by atoms with Gasteiger partial charge in [0.1, 0.15) is 18.5 Å². The Bertz CT molecular complexity index is 1090. The summed E-state index contributed by atoms with van der Waals surface area (Å²) in [6.45, 7) is 0. The number of nitrogens with zero attached hydrogens (tertiary/aromatic N) is 2. The van der Waals surface area contributed by atoms with Crippen LogP contribution in [0.25, 0.3) is 0 Å². The summed E-state index contributed by atoms with van der Waals surface area (Å²) < 4.78 is 51.1. The van der Waals surface area contributed by atoms with Crippen molar-refractivity contribution < 1.29 is 68.6 Å². The summed E-state index contributed by atoms with van der Waals surface area (Å²) in [5, 5.41) is 37.1. The number of rotatable bonds is 4. The van der Waals surface area contributed by atoms with E-state index in [1.54, 1.807) is 0 Å². The molecular formula is C9H2AgCl3N2O12S4-3. The van der Waals surface area contributed by atoms with E-state index in [-0.39, 0.29) is 35.3 Å². The summed E-state index contributed by atoms with van der Waals surface area (Å²) in [4.78, 5) is 27.2. The molecule has 179 valence electrons. The maximum absolute atomic E-state index is 10.7. The number of nitro groups is 2. The van der Waals surface area contributed by atoms with Gasteiger partial charge in [0.25, 0.3) is 20.4 Å². The molecule has 0 aliphatic carbocycles. The Labute approximate surface area is 210 Å². The van der Waals surface area contributed by atoms with Gasteiger partial charge in [-0.25, -0.2) is 16.8 Å². The second-order valence-electron chi connectivity index (χ2n) is 4.10. The van der Waals surface area contributed by atoms with Gasteiger partial charge in [-0.05, 0) is 6.16 Å². The molecule has 2 aromatic rings. The van der Waals surface area contributed by atoms with Crippen molar-refractivity contribution in [3.63, 3.8) is 0 Å². The molecule has 14 nitrogen and oxygen atoms in total. The monoisotopic (exact) mass is 670 g/mol. The quantitative estimate of drug-likeness (QED) is 0.145. The first kappa shape index (κ1) is 32.1. The number of thiophene rings is 2. The Kier molecular flexibility index (Phi) is 13.3. The van der Waals surface area contributed by atoms with Crippen molar-refractivity contribution in [3.05, 3.63) is 41.0 Å². The van der Waals surface area contributed by atoms with E-state index in [2.05, 4.69) is 0 Å². The molecule has 31 heavy (non-hydrogen) atoms. The molecule has 2 aromatic heterocycles. The molecule has 22 heteroatoms. The van der Waals surface area contributed by atoms with Gasteiger partial charge in [-0.1, -0.05) is 23.2 Å². The standard InChI is InChI=1S/C4HCl2NO4S2.C4H2ClNO5S2.CH2O3.Ag/c5-4-2(7(8)9)1-3(12-4)13(6,10)11;5-4-2(6(7)8)1-3(12-4)13(9,10)11;2-1(3)4;/h1H;1H,(H,9,10,11);(H2,2,3,4);/p-3. The van der Waals surface area contributed by atoms with E-state index in [1.165, 1.54) is 0 Å². The van der Waals surface area contributed by atoms with Crippen molar-refractivity contribution in [1.29, 1.82) is 0 Å². The minimum absolute atomic E-state index is 0. The van der Waals surface area contributed by atoms with E-state index in [0.29, 0.717) is 28.7 Å². The van der Waals surface area contributed by atoms with Crippen LogP contribution in [0.1, 0.15) is 0 Å². The molecule has 2 rings (SSSR count). The van der Waals surface area contributed by atoms with E-state index in [9.17, 15) is 41.6 Å². The molecule has 0 fully saturated rings. The zero-order chi connectivity index (χ0) is 24.0. The zero-order valence-electron chi connectivity index (χ0n) is 13.5. The summed E-state index contributed by atoms with van der Waals surface area (Å²) in [6.07, 6.45) is -2.33. The predicted octanol–water partition coefficient (Wildman–Crippen LogP) is 1.00. The minimum atomic E-state index is -4.66. The first-order valence-electron chi connectivity index (χ1n) is 6.03. The van der Waals surface area contributed by atoms with Crippen LogP contribution < -0.4 is 10.2 Å². The van der Waals surface area contributed by atoms with Crippen molar-refractivity contribution in [2.75, 3.05) is 0 Å². The molecule has 2 heterocycles. The molecule has 0 saturated heterocycles. The second kappa shape index (κ2) is 12.8. The minimum Gasteiger partial charge on any atom is -0.743 e. The molecular weight excluding hydrogens is 671 g/mol. The number of hydrogen-bond acceptors (Lipinski definition) is 14. The second-order valence-corrected chi connectivity index (χ2v) is 11.8. The SMILES string of the molecule is O=C([O-])[O-].O=[N+]([O-])c1cc(S(=O)(=O)Cl)sc1Cl.O=[N+]([O-])c1cc(S(=O)(=O)[O-])sc1Cl.[Ag]. The summed E-state index contributed by atoms with van der Waals surface area (Å²) in [5.41, 5.74) is -1.02. The number of carbonyl (C=O) groups excluding carboxylic acids is 1. The third kappa shape index (κ3) is 11.4. The number of halogens is 3. The van der Waals surface area contributed by atoms with Gasteiger partial charge in [-0.15, -0.1) is 22.7 Å². The summed E-state index contributed by atoms with van der Waals surface area (Å²) >= 11 is 11.6. The third-order valence-electron chi connectivity index (χ3n) is 2.17. The van der Waals surface area contributed by atoms with Crippen LogP contribution in [-0.4, -0.2) is 37.4 Å². The van der Waals surface area contributed by atoms with Gasteiger partial charge in [0.15, 0.2) is 8.67 Å². The maximum Gasteiger partial charge on any atom is 0.300 e. The molecule has 0 atom stereocenters. The van der Waals surface area contributed by atoms with Crippen LogP contribution in [0.5, 0.6) is 0 Å². The fourth-order valence-electron chi connectivity index (χ4n) is 1.17. The van der Waals surface area contributed by atoms with Gasteiger partial charge in [-0.2, -0.15) is 0 Å². The van der Waals surface area contributed by atoms with E-state index >= 15 is 0 Å². The number of carbonyl (C=O) groups is 1. The molecule has 1 radical (unpaired) electrons. The Morgan fingerprint density at radius 2 is 1.16 bits per heavy atom. The predicted molar refractivity (Wildman–Crippen MR) is 98.4 cm³/mol. The van der Waals surface area contributed by atoms with Crippen LogP contribution >= 0.6 is 56.6 Å². The van der Waals surface area contributed by atoms with E-state index < -0.39 is 50.8 Å². The fraction of sp³-hybridized carbons (Fsp3) is 0. The average Bonchev–Trinajstić information content (AvgIpc) is 3.09. The molecule has 0 amide bonds. The van der Waals surface area contributed by atoms with Crippen molar-refractivity contribution in [2.45, 2.75) is 8.42 Å². The van der Waals surface area contributed by atoms with Gasteiger partial charge in [0, 0.05) is 45.2 Å². The molecule has 0 bridgehead atoms. The summed E-state index contributed by atoms with van der Waals surface area (Å²) in [6, 6.07) is 1.48. The fourth-order valence-corrected chi connectivity index (χ4v) is 5.59. The normalized spacial score (nSPS) is 10.5. The first-order valence-corrected chi connectivity index (χ1v) is 12.1. The van der Waals surface area contributed by atoms with Gasteiger partial charge >= 0.3 is 0 Å². The van der Waals surface area contributed by atoms with Crippen LogP contribution in [0.4, 0.5) is 16.2 Å². The van der Waals surface area contributed by atoms with Gasteiger partial charge in [0.05, 0.1) is 9.85 Å². The molecule has 0 aliphatic heterocycles. The largest absolute Gasteiger partial charge is 0.743 e. The third-order valence-corrected chi connectivity index (χ3v) is 8.19. The van der Waals surface area contributed by atoms with Gasteiger partial charge < -0.3 is 19.6 Å². The van der Waals surface area contributed by atoms with Crippen molar-refractivity contribution in [3.8, 4) is 0 Å². The van der Waals surface area contributed by atoms with Crippen molar-refractivity contribution in [2.24, 2.45) is 0 Å². The molecule has 0 unspecified atom stereocenters. The Balaban J connectivity index is 0. The van der Waals surface area contributed by atoms with Crippen molar-refractivity contribution >= 4 is 93.3 Å². The van der Waals surface area contributed by atoms with Crippen LogP contribution in [0.3, 0.4) is 0 Å². The molecule has 0 spiro atoms. The van der Waals surface area contributed by atoms with E-state index in [4.69, 9.17) is 48.9 Å². The molecule has 0 saturated carbocycles. The van der Waals surface area contributed by atoms with Gasteiger partial charge in [0.2, 0.25) is 0 Å². The summed E-state index contributed by atoms with van der Waals surface area (Å²) in [7, 11) is -3.64. The van der Waals surface area contributed by atoms with Crippen LogP contribution in [0.15, 0.2) is 20.6 Å². The van der Waals surface area contributed by atoms with Crippen LogP contribution in [-0.2, 0) is 41.5 Å². The Morgan fingerprint density at radius 1 is 0.871 bits per heavy atom. The average molecular weight is 673 g/mol. The maximum atomic E-state index is 10.7. The van der Waals surface area contributed by atoms with E-state index in [1.807, 2.05) is 0 Å². The number of carboxylic acid groups (broad SMARTS) is 2. The molecule has 0 aromatic carbocycles. The van der Waals surface area contributed by atoms with Crippen molar-refractivity contribution in [1.82, 2.24) is 0 Å². The Morgan fingerprint density at radius 3 is 1.32 bits per heavy atom. The topological polar surface area (TPSA) is 241 Å². The molecule has 0 N–H and O–H groups in total. The Hall–Kier alpha value is -1.06. The zero-order valence-corrected chi connectivity index (χ0v) is 20.5. The van der Waals surface area contributed by atoms with E-state index in [0.717, 1.165) is 6.07 Å². The molecule has 0 aliphatic rings. The van der Waals surface area contributed by atoms with Gasteiger partial charge in [-0.3, -0.25) is 20.2 Å².